The van der Waals surface area contributed by atoms with Gasteiger partial charge in [-0.25, -0.2) is 4.79 Å². The number of hydrogen-bond acceptors (Lipinski definition) is 3. The highest BCUT2D eigenvalue weighted by atomic mass is 17.0. The Bertz CT molecular complexity index is 505. The summed E-state index contributed by atoms with van der Waals surface area (Å²) in [5.74, 6) is 0.278. The summed E-state index contributed by atoms with van der Waals surface area (Å²) in [4.78, 5) is 8.56. The molecule has 0 bridgehead atoms. The Morgan fingerprint density at radius 3 is 1.96 bits per heavy atom. The van der Waals surface area contributed by atoms with Gasteiger partial charge in [0, 0.05) is 12.3 Å². The van der Waals surface area contributed by atoms with Crippen LogP contribution < -0.4 is 0 Å². The second kappa shape index (κ2) is 8.28. The first-order valence-electron chi connectivity index (χ1n) is 10.9. The van der Waals surface area contributed by atoms with Gasteiger partial charge in [0.05, 0.1) is 0 Å². The predicted octanol–water partition coefficient (Wildman–Crippen LogP) is 6.66. The van der Waals surface area contributed by atoms with Gasteiger partial charge in [-0.3, -0.25) is 0 Å². The zero-order valence-electron chi connectivity index (χ0n) is 18.0. The molecular formula is C22H40O5. The number of epoxide rings is 2. The molecular weight excluding hydrogens is 344 g/mol. The highest BCUT2D eigenvalue weighted by Crippen LogP contribution is 2.83. The second-order valence-electron chi connectivity index (χ2n) is 9.60. The molecule has 0 radical (unpaired) electrons. The van der Waals surface area contributed by atoms with E-state index in [0.717, 1.165) is 6.42 Å². The van der Waals surface area contributed by atoms with Crippen LogP contribution in [0.3, 0.4) is 0 Å². The maximum atomic E-state index is 8.56. The minimum atomic E-state index is -1.83. The Hall–Kier alpha value is -0.810. The van der Waals surface area contributed by atoms with Crippen molar-refractivity contribution in [3.05, 3.63) is 0 Å². The highest BCUT2D eigenvalue weighted by molar-refractivity contribution is 5.53. The van der Waals surface area contributed by atoms with Crippen molar-refractivity contribution in [1.82, 2.24) is 0 Å². The maximum Gasteiger partial charge on any atom is 0.503 e. The average molecular weight is 385 g/mol. The highest BCUT2D eigenvalue weighted by Gasteiger charge is 2.97. The Kier molecular flexibility index (Phi) is 6.89. The van der Waals surface area contributed by atoms with Crippen LogP contribution in [0.25, 0.3) is 0 Å². The summed E-state index contributed by atoms with van der Waals surface area (Å²) in [7, 11) is 0. The summed E-state index contributed by atoms with van der Waals surface area (Å²) >= 11 is 0. The molecule has 1 aliphatic carbocycles. The van der Waals surface area contributed by atoms with E-state index in [0.29, 0.717) is 16.7 Å². The van der Waals surface area contributed by atoms with Crippen molar-refractivity contribution >= 4 is 6.16 Å². The number of unbranched alkanes of at least 4 members (excludes halogenated alkanes) is 6. The smallest absolute Gasteiger partial charge is 0.450 e. The number of carbonyl (C=O) groups is 1. The number of carboxylic acid groups (broad SMARTS) is 2. The fourth-order valence-electron chi connectivity index (χ4n) is 5.44. The van der Waals surface area contributed by atoms with Crippen LogP contribution in [0.4, 0.5) is 4.79 Å². The first-order chi connectivity index (χ1) is 12.6. The molecule has 5 nitrogen and oxygen atoms in total. The monoisotopic (exact) mass is 384 g/mol. The molecule has 2 unspecified atom stereocenters. The van der Waals surface area contributed by atoms with Gasteiger partial charge in [0.15, 0.2) is 0 Å². The van der Waals surface area contributed by atoms with E-state index in [9.17, 15) is 0 Å². The van der Waals surface area contributed by atoms with Crippen molar-refractivity contribution in [2.45, 2.75) is 117 Å². The van der Waals surface area contributed by atoms with Gasteiger partial charge in [-0.15, -0.1) is 0 Å². The molecule has 2 atom stereocenters. The normalized spacial score (nSPS) is 37.4. The van der Waals surface area contributed by atoms with E-state index in [1.165, 1.54) is 64.2 Å². The van der Waals surface area contributed by atoms with Gasteiger partial charge in [0.25, 0.3) is 0 Å². The number of rotatable bonds is 10. The molecule has 0 amide bonds. The molecule has 2 heterocycles. The Labute approximate surface area is 164 Å². The lowest BCUT2D eigenvalue weighted by Gasteiger charge is -2.50. The maximum absolute atomic E-state index is 8.56. The van der Waals surface area contributed by atoms with Gasteiger partial charge < -0.3 is 19.7 Å². The molecule has 2 aliphatic heterocycles. The third-order valence-corrected chi connectivity index (χ3v) is 7.43. The van der Waals surface area contributed by atoms with Crippen LogP contribution in [0.1, 0.15) is 105 Å². The predicted molar refractivity (Wildman–Crippen MR) is 106 cm³/mol. The minimum absolute atomic E-state index is 0.158. The lowest BCUT2D eigenvalue weighted by molar-refractivity contribution is -0.122. The third kappa shape index (κ3) is 4.29. The van der Waals surface area contributed by atoms with E-state index in [4.69, 9.17) is 24.5 Å². The van der Waals surface area contributed by atoms with E-state index in [-0.39, 0.29) is 11.6 Å². The van der Waals surface area contributed by atoms with Gasteiger partial charge in [-0.1, -0.05) is 86.0 Å². The second-order valence-corrected chi connectivity index (χ2v) is 9.60. The standard InChI is InChI=1S/C21H38O2.CH2O3/c1-6-8-10-12-14-17-19(5,15-13-11-9-7-2)18(3,4)16-20-21(17,22-20)23-20;2-1(3)4/h17H,6-16H2,1-5H3;(H2,2,3,4). The molecule has 0 spiro atoms. The van der Waals surface area contributed by atoms with Crippen LogP contribution in [-0.4, -0.2) is 27.9 Å². The first-order valence-corrected chi connectivity index (χ1v) is 10.9. The molecule has 1 saturated carbocycles. The topological polar surface area (TPSA) is 82.6 Å². The molecule has 3 fully saturated rings. The zero-order chi connectivity index (χ0) is 20.3. The summed E-state index contributed by atoms with van der Waals surface area (Å²) in [5, 5.41) is 13.9. The van der Waals surface area contributed by atoms with Crippen LogP contribution in [0.15, 0.2) is 0 Å². The van der Waals surface area contributed by atoms with E-state index < -0.39 is 6.16 Å². The van der Waals surface area contributed by atoms with Crippen LogP contribution in [0, 0.1) is 16.7 Å². The molecule has 0 aromatic rings. The lowest BCUT2D eigenvalue weighted by Crippen LogP contribution is -2.48. The quantitative estimate of drug-likeness (QED) is 0.325. The fraction of sp³-hybridized carbons (Fsp3) is 0.955. The Morgan fingerprint density at radius 1 is 0.926 bits per heavy atom. The van der Waals surface area contributed by atoms with E-state index >= 15 is 0 Å². The van der Waals surface area contributed by atoms with E-state index in [2.05, 4.69) is 34.6 Å². The Balaban J connectivity index is 0.000000596. The largest absolute Gasteiger partial charge is 0.503 e. The van der Waals surface area contributed by atoms with Crippen molar-refractivity contribution in [3.63, 3.8) is 0 Å². The van der Waals surface area contributed by atoms with Gasteiger partial charge in [0.2, 0.25) is 11.6 Å². The number of hydrogen-bond donors (Lipinski definition) is 2. The molecule has 2 N–H and O–H groups in total. The molecule has 3 rings (SSSR count). The van der Waals surface area contributed by atoms with Crippen molar-refractivity contribution in [2.75, 3.05) is 0 Å². The Morgan fingerprint density at radius 2 is 1.44 bits per heavy atom. The van der Waals surface area contributed by atoms with Crippen molar-refractivity contribution < 1.29 is 24.5 Å². The van der Waals surface area contributed by atoms with Crippen molar-refractivity contribution in [1.29, 1.82) is 0 Å². The molecule has 27 heavy (non-hydrogen) atoms. The van der Waals surface area contributed by atoms with Crippen LogP contribution in [0.2, 0.25) is 0 Å². The SMILES string of the molecule is CCCCCCC1C(C)(CCCCCC)C(C)(C)CC23OC12O3.O=C(O)O. The summed E-state index contributed by atoms with van der Waals surface area (Å²) in [6.45, 7) is 12.1. The third-order valence-electron chi connectivity index (χ3n) is 7.43. The molecule has 0 aromatic heterocycles. The van der Waals surface area contributed by atoms with Crippen LogP contribution >= 0.6 is 0 Å². The summed E-state index contributed by atoms with van der Waals surface area (Å²) in [6.07, 6.45) is 12.7. The summed E-state index contributed by atoms with van der Waals surface area (Å²) in [5.41, 5.74) is 0.661. The summed E-state index contributed by atoms with van der Waals surface area (Å²) in [6, 6.07) is 0. The van der Waals surface area contributed by atoms with E-state index in [1.807, 2.05) is 0 Å². The molecule has 158 valence electrons. The van der Waals surface area contributed by atoms with Crippen molar-refractivity contribution in [2.24, 2.45) is 16.7 Å². The molecule has 2 saturated heterocycles. The first kappa shape index (κ1) is 22.5. The van der Waals surface area contributed by atoms with Crippen molar-refractivity contribution in [3.8, 4) is 0 Å². The van der Waals surface area contributed by atoms with Crippen LogP contribution in [0.5, 0.6) is 0 Å². The van der Waals surface area contributed by atoms with Gasteiger partial charge in [-0.2, -0.15) is 0 Å². The van der Waals surface area contributed by atoms with Gasteiger partial charge >= 0.3 is 6.16 Å². The minimum Gasteiger partial charge on any atom is -0.450 e. The molecule has 0 aromatic carbocycles. The lowest BCUT2D eigenvalue weighted by atomic mass is 9.51. The summed E-state index contributed by atoms with van der Waals surface area (Å²) < 4.78 is 12.3. The number of ether oxygens (including phenoxy) is 2. The van der Waals surface area contributed by atoms with Crippen LogP contribution in [-0.2, 0) is 9.47 Å². The van der Waals surface area contributed by atoms with Gasteiger partial charge in [-0.05, 0) is 23.7 Å². The fourth-order valence-corrected chi connectivity index (χ4v) is 5.44. The molecule has 3 aliphatic rings. The van der Waals surface area contributed by atoms with Gasteiger partial charge in [0.1, 0.15) is 0 Å². The average Bonchev–Trinajstić information content (AvgIpc) is 3.36. The molecule has 5 heteroatoms. The van der Waals surface area contributed by atoms with E-state index in [1.54, 1.807) is 0 Å². The zero-order valence-corrected chi connectivity index (χ0v) is 18.0.